The summed E-state index contributed by atoms with van der Waals surface area (Å²) in [7, 11) is 2.06. The van der Waals surface area contributed by atoms with Crippen molar-refractivity contribution in [2.75, 3.05) is 64.8 Å². The van der Waals surface area contributed by atoms with Crippen LogP contribution in [0.1, 0.15) is 22.3 Å². The Morgan fingerprint density at radius 2 is 1.79 bits per heavy atom. The van der Waals surface area contributed by atoms with E-state index in [4.69, 9.17) is 4.74 Å². The molecule has 2 saturated heterocycles. The van der Waals surface area contributed by atoms with E-state index in [9.17, 15) is 14.7 Å². The van der Waals surface area contributed by atoms with Gasteiger partial charge in [0.2, 0.25) is 0 Å². The van der Waals surface area contributed by atoms with E-state index in [1.807, 2.05) is 41.4 Å². The number of likely N-dealkylation sites (tertiary alicyclic amines) is 1. The number of aliphatic hydroxyl groups excluding tert-OH is 1. The number of amides is 2. The zero-order valence-corrected chi connectivity index (χ0v) is 25.6. The predicted octanol–water partition coefficient (Wildman–Crippen LogP) is 3.28. The molecule has 42 heavy (non-hydrogen) atoms. The lowest BCUT2D eigenvalue weighted by Gasteiger charge is -2.32. The van der Waals surface area contributed by atoms with Gasteiger partial charge >= 0.3 is 6.03 Å². The number of β-amino-alcohol motifs (C(OH)–C–C–N with tert-alkyl or cyclic N) is 1. The highest BCUT2D eigenvalue weighted by Gasteiger charge is 2.35. The maximum atomic E-state index is 13.6. The van der Waals surface area contributed by atoms with Gasteiger partial charge in [0.05, 0.1) is 28.6 Å². The summed E-state index contributed by atoms with van der Waals surface area (Å²) < 4.78 is 5.88. The van der Waals surface area contributed by atoms with Crippen LogP contribution in [0.4, 0.5) is 10.5 Å². The number of rotatable bonds is 7. The Morgan fingerprint density at radius 1 is 1.05 bits per heavy atom. The molecule has 1 atom stereocenters. The number of fused-ring (bicyclic) bond motifs is 3. The van der Waals surface area contributed by atoms with Crippen molar-refractivity contribution >= 4 is 54.7 Å². The highest BCUT2D eigenvalue weighted by atomic mass is 35.5. The van der Waals surface area contributed by atoms with E-state index in [0.29, 0.717) is 41.4 Å². The highest BCUT2D eigenvalue weighted by molar-refractivity contribution is 6.26. The van der Waals surface area contributed by atoms with Crippen molar-refractivity contribution in [2.45, 2.75) is 12.5 Å². The zero-order chi connectivity index (χ0) is 26.9. The Morgan fingerprint density at radius 3 is 2.48 bits per heavy atom. The van der Waals surface area contributed by atoms with Crippen LogP contribution in [0.15, 0.2) is 42.5 Å². The van der Waals surface area contributed by atoms with Crippen LogP contribution in [0, 0.1) is 0 Å². The van der Waals surface area contributed by atoms with Crippen LogP contribution >= 0.6 is 37.2 Å². The number of ketones is 1. The number of hydrogen-bond donors (Lipinski definition) is 4. The van der Waals surface area contributed by atoms with Crippen molar-refractivity contribution in [1.29, 1.82) is 0 Å². The average Bonchev–Trinajstić information content (AvgIpc) is 3.63. The SMILES string of the molecule is CN1CCN(NC(=O)Nc2cccc3c2C(=O)c2c(-c4ccc(OCCN5CCC(O)C5)cc4)n[nH]c2-3)CC1.Cl.Cl.Cl. The first-order valence-corrected chi connectivity index (χ1v) is 13.4. The summed E-state index contributed by atoms with van der Waals surface area (Å²) in [5.74, 6) is 0.561. The normalized spacial score (nSPS) is 18.2. The predicted molar refractivity (Wildman–Crippen MR) is 168 cm³/mol. The standard InChI is InChI=1S/C28H33N7O4.3ClH/c1-33-11-13-35(14-12-33)32-28(38)29-22-4-2-3-21-23(22)27(37)24-25(30-31-26(21)24)18-5-7-20(8-6-18)39-16-15-34-10-9-19(36)17-34;;;/h2-8,19,36H,9-17H2,1H3,(H,30,31)(H2,29,32,38);3*1H. The number of hydrazine groups is 1. The van der Waals surface area contributed by atoms with Crippen molar-refractivity contribution < 1.29 is 19.4 Å². The molecular formula is C28H36Cl3N7O4. The van der Waals surface area contributed by atoms with E-state index < -0.39 is 0 Å². The number of H-pyrrole nitrogens is 1. The minimum Gasteiger partial charge on any atom is -0.492 e. The number of aromatic nitrogens is 2. The molecule has 228 valence electrons. The van der Waals surface area contributed by atoms with Gasteiger partial charge < -0.3 is 20.1 Å². The number of nitrogens with zero attached hydrogens (tertiary/aromatic N) is 4. The number of anilines is 1. The number of ether oxygens (including phenoxy) is 1. The Balaban J connectivity index is 0.00000161. The van der Waals surface area contributed by atoms with Crippen LogP contribution in [-0.2, 0) is 0 Å². The second-order valence-electron chi connectivity index (χ2n) is 10.4. The molecule has 14 heteroatoms. The number of hydrogen-bond acceptors (Lipinski definition) is 8. The molecule has 6 rings (SSSR count). The number of carbonyl (C=O) groups excluding carboxylic acids is 2. The lowest BCUT2D eigenvalue weighted by atomic mass is 10.0. The summed E-state index contributed by atoms with van der Waals surface area (Å²) in [5, 5.41) is 21.9. The molecule has 1 aliphatic carbocycles. The summed E-state index contributed by atoms with van der Waals surface area (Å²) in [5.41, 5.74) is 7.05. The third-order valence-corrected chi connectivity index (χ3v) is 7.62. The summed E-state index contributed by atoms with van der Waals surface area (Å²) in [6, 6.07) is 12.6. The molecule has 0 radical (unpaired) electrons. The molecule has 2 aromatic carbocycles. The zero-order valence-electron chi connectivity index (χ0n) is 23.2. The maximum absolute atomic E-state index is 13.6. The summed E-state index contributed by atoms with van der Waals surface area (Å²) >= 11 is 0. The third-order valence-electron chi connectivity index (χ3n) is 7.62. The van der Waals surface area contributed by atoms with E-state index >= 15 is 0 Å². The Hall–Kier alpha value is -2.90. The fraction of sp³-hybridized carbons (Fsp3) is 0.393. The molecule has 2 fully saturated rings. The fourth-order valence-electron chi connectivity index (χ4n) is 5.43. The fourth-order valence-corrected chi connectivity index (χ4v) is 5.43. The quantitative estimate of drug-likeness (QED) is 0.243. The van der Waals surface area contributed by atoms with Gasteiger partial charge in [-0.3, -0.25) is 20.2 Å². The summed E-state index contributed by atoms with van der Waals surface area (Å²) in [6.07, 6.45) is 0.576. The first-order chi connectivity index (χ1) is 19.0. The van der Waals surface area contributed by atoms with Gasteiger partial charge in [-0.15, -0.1) is 37.2 Å². The molecule has 2 amide bonds. The molecule has 4 N–H and O–H groups in total. The Bertz CT molecular complexity index is 1380. The number of carbonyl (C=O) groups is 2. The third kappa shape index (κ3) is 7.00. The van der Waals surface area contributed by atoms with Gasteiger partial charge in [-0.05, 0) is 43.8 Å². The lowest BCUT2D eigenvalue weighted by Crippen LogP contribution is -2.53. The number of likely N-dealkylation sites (N-methyl/N-ethyl adjacent to an activating group) is 1. The van der Waals surface area contributed by atoms with Crippen molar-refractivity contribution in [1.82, 2.24) is 30.4 Å². The minimum absolute atomic E-state index is 0. The van der Waals surface area contributed by atoms with Crippen molar-refractivity contribution in [3.8, 4) is 28.3 Å². The van der Waals surface area contributed by atoms with Crippen molar-refractivity contribution in [3.05, 3.63) is 53.6 Å². The van der Waals surface area contributed by atoms with Crippen LogP contribution in [0.25, 0.3) is 22.5 Å². The number of aromatic amines is 1. The number of urea groups is 1. The van der Waals surface area contributed by atoms with Gasteiger partial charge in [0.15, 0.2) is 5.78 Å². The van der Waals surface area contributed by atoms with Crippen LogP contribution < -0.4 is 15.5 Å². The van der Waals surface area contributed by atoms with E-state index in [2.05, 4.69) is 37.8 Å². The lowest BCUT2D eigenvalue weighted by molar-refractivity contribution is 0.104. The topological polar surface area (TPSA) is 126 Å². The molecule has 1 unspecified atom stereocenters. The number of benzene rings is 2. The smallest absolute Gasteiger partial charge is 0.333 e. The first-order valence-electron chi connectivity index (χ1n) is 13.4. The Labute approximate surface area is 263 Å². The number of aliphatic hydroxyl groups is 1. The van der Waals surface area contributed by atoms with Gasteiger partial charge in [-0.2, -0.15) is 5.10 Å². The Kier molecular flexibility index (Phi) is 11.6. The van der Waals surface area contributed by atoms with E-state index in [-0.39, 0.29) is 55.1 Å². The molecule has 3 heterocycles. The van der Waals surface area contributed by atoms with Crippen molar-refractivity contribution in [3.63, 3.8) is 0 Å². The van der Waals surface area contributed by atoms with Crippen LogP contribution in [0.5, 0.6) is 5.75 Å². The molecule has 0 saturated carbocycles. The monoisotopic (exact) mass is 639 g/mol. The van der Waals surface area contributed by atoms with E-state index in [1.54, 1.807) is 6.07 Å². The van der Waals surface area contributed by atoms with Crippen LogP contribution in [0.2, 0.25) is 0 Å². The van der Waals surface area contributed by atoms with Crippen LogP contribution in [0.3, 0.4) is 0 Å². The van der Waals surface area contributed by atoms with Gasteiger partial charge in [-0.25, -0.2) is 9.80 Å². The summed E-state index contributed by atoms with van der Waals surface area (Å²) in [6.45, 7) is 6.12. The second-order valence-corrected chi connectivity index (χ2v) is 10.4. The highest BCUT2D eigenvalue weighted by Crippen LogP contribution is 2.43. The molecule has 3 aliphatic rings. The first kappa shape index (κ1) is 33.6. The average molecular weight is 641 g/mol. The summed E-state index contributed by atoms with van der Waals surface area (Å²) in [4.78, 5) is 30.8. The van der Waals surface area contributed by atoms with E-state index in [1.165, 1.54) is 0 Å². The second kappa shape index (κ2) is 14.5. The van der Waals surface area contributed by atoms with Crippen molar-refractivity contribution in [2.24, 2.45) is 0 Å². The number of piperazine rings is 1. The largest absolute Gasteiger partial charge is 0.492 e. The van der Waals surface area contributed by atoms with Gasteiger partial charge in [0, 0.05) is 56.9 Å². The molecule has 2 aliphatic heterocycles. The number of nitrogens with one attached hydrogen (secondary N) is 3. The number of halogens is 3. The minimum atomic E-state index is -0.369. The molecule has 0 bridgehead atoms. The maximum Gasteiger partial charge on any atom is 0.333 e. The van der Waals surface area contributed by atoms with Gasteiger partial charge in [-0.1, -0.05) is 12.1 Å². The van der Waals surface area contributed by atoms with Crippen LogP contribution in [-0.4, -0.2) is 107 Å². The van der Waals surface area contributed by atoms with Gasteiger partial charge in [0.1, 0.15) is 18.1 Å². The molecule has 11 nitrogen and oxygen atoms in total. The molecule has 0 spiro atoms. The van der Waals surface area contributed by atoms with Gasteiger partial charge in [0.25, 0.3) is 0 Å². The molecule has 1 aromatic heterocycles. The van der Waals surface area contributed by atoms with E-state index in [0.717, 1.165) is 62.6 Å². The molecular weight excluding hydrogens is 605 g/mol. The molecule has 3 aromatic rings.